The molecular weight excluding hydrogens is 511 g/mol. The topological polar surface area (TPSA) is 110 Å². The number of ether oxygens (including phenoxy) is 1. The van der Waals surface area contributed by atoms with E-state index < -0.39 is 20.8 Å². The van der Waals surface area contributed by atoms with Gasteiger partial charge in [0.05, 0.1) is 11.5 Å². The Balaban J connectivity index is 1.39. The van der Waals surface area contributed by atoms with E-state index in [0.717, 1.165) is 47.6 Å². The minimum Gasteiger partial charge on any atom is -0.493 e. The van der Waals surface area contributed by atoms with Crippen LogP contribution >= 0.6 is 11.5 Å². The smallest absolute Gasteiger partial charge is 0.263 e. The van der Waals surface area contributed by atoms with Gasteiger partial charge in [0.2, 0.25) is 5.13 Å². The van der Waals surface area contributed by atoms with Crippen LogP contribution < -0.4 is 14.8 Å². The van der Waals surface area contributed by atoms with Crippen molar-refractivity contribution in [3.8, 4) is 5.75 Å². The summed E-state index contributed by atoms with van der Waals surface area (Å²) < 4.78 is 64.0. The summed E-state index contributed by atoms with van der Waals surface area (Å²) in [6.07, 6.45) is 5.20. The normalized spacial score (nSPS) is 23.2. The van der Waals surface area contributed by atoms with Gasteiger partial charge in [-0.3, -0.25) is 8.93 Å². The number of nitrogens with zero attached hydrogens (tertiary/aromatic N) is 2. The molecular formula is C23H25FN4O4S3. The van der Waals surface area contributed by atoms with Crippen LogP contribution in [0.3, 0.4) is 0 Å². The van der Waals surface area contributed by atoms with Crippen molar-refractivity contribution < 1.29 is 21.8 Å². The van der Waals surface area contributed by atoms with E-state index >= 15 is 0 Å². The van der Waals surface area contributed by atoms with E-state index in [9.17, 15) is 17.0 Å². The monoisotopic (exact) mass is 536 g/mol. The third-order valence-electron chi connectivity index (χ3n) is 6.53. The van der Waals surface area contributed by atoms with Gasteiger partial charge >= 0.3 is 0 Å². The maximum Gasteiger partial charge on any atom is 0.263 e. The van der Waals surface area contributed by atoms with Crippen molar-refractivity contribution in [1.29, 1.82) is 0 Å². The van der Waals surface area contributed by atoms with Gasteiger partial charge in [-0.25, -0.2) is 17.8 Å². The first-order valence-electron chi connectivity index (χ1n) is 11.2. The largest absolute Gasteiger partial charge is 0.493 e. The minimum atomic E-state index is -3.83. The first-order chi connectivity index (χ1) is 16.8. The Morgan fingerprint density at radius 1 is 1.23 bits per heavy atom. The van der Waals surface area contributed by atoms with Crippen LogP contribution in [0.1, 0.15) is 41.5 Å². The number of fused-ring (bicyclic) bond motifs is 1. The average Bonchev–Trinajstić information content (AvgIpc) is 3.35. The minimum absolute atomic E-state index is 0.00593. The van der Waals surface area contributed by atoms with Crippen molar-refractivity contribution >= 4 is 37.5 Å². The van der Waals surface area contributed by atoms with Crippen molar-refractivity contribution in [3.05, 3.63) is 65.2 Å². The van der Waals surface area contributed by atoms with Crippen LogP contribution in [0.25, 0.3) is 0 Å². The Morgan fingerprint density at radius 2 is 2.09 bits per heavy atom. The van der Waals surface area contributed by atoms with E-state index in [4.69, 9.17) is 4.74 Å². The fourth-order valence-corrected chi connectivity index (χ4v) is 7.34. The summed E-state index contributed by atoms with van der Waals surface area (Å²) in [5.41, 5.74) is 2.72. The van der Waals surface area contributed by atoms with Crippen molar-refractivity contribution in [1.82, 2.24) is 14.7 Å². The van der Waals surface area contributed by atoms with E-state index in [-0.39, 0.29) is 33.1 Å². The second kappa shape index (κ2) is 9.92. The third kappa shape index (κ3) is 5.25. The molecule has 3 unspecified atom stereocenters. The van der Waals surface area contributed by atoms with Crippen LogP contribution in [-0.2, 0) is 27.2 Å². The standard InChI is InChI=1S/C23H25FN4O4S3/c1-34(29)17-6-7-25-21(10-17)19-5-3-16(24)9-20(19)15-8-14-2-4-18(11-22(14)32-12-15)35(30,31)28-23-26-13-27-33-23/h2-5,9,11,13,15,17,21,25H,6-8,10,12H2,1H3,(H,26,27,28)/t15?,17?,21-,34?/m0/s1. The molecule has 35 heavy (non-hydrogen) atoms. The van der Waals surface area contributed by atoms with Crippen LogP contribution in [0.5, 0.6) is 5.75 Å². The molecule has 5 rings (SSSR count). The number of nitrogens with one attached hydrogen (secondary N) is 2. The molecule has 4 atom stereocenters. The second-order valence-corrected chi connectivity index (χ2v) is 12.9. The molecule has 0 bridgehead atoms. The molecule has 0 spiro atoms. The molecule has 1 aromatic heterocycles. The second-order valence-electron chi connectivity index (χ2n) is 8.76. The van der Waals surface area contributed by atoms with Gasteiger partial charge in [-0.1, -0.05) is 12.1 Å². The maximum absolute atomic E-state index is 14.3. The van der Waals surface area contributed by atoms with Crippen molar-refractivity contribution in [2.45, 2.75) is 41.4 Å². The first kappa shape index (κ1) is 24.3. The van der Waals surface area contributed by atoms with Gasteiger partial charge in [0.1, 0.15) is 17.9 Å². The zero-order valence-corrected chi connectivity index (χ0v) is 21.4. The highest BCUT2D eigenvalue weighted by atomic mass is 32.2. The SMILES string of the molecule is CS(=O)C1CCN[C@H](c2ccc(F)cc2C2COc3cc(S(=O)(=O)Nc4ncns4)ccc3C2)C1. The molecule has 2 aliphatic heterocycles. The van der Waals surface area contributed by atoms with Gasteiger partial charge in [0.25, 0.3) is 10.0 Å². The summed E-state index contributed by atoms with van der Waals surface area (Å²) in [6.45, 7) is 1.06. The van der Waals surface area contributed by atoms with Crippen LogP contribution in [0.15, 0.2) is 47.6 Å². The average molecular weight is 537 g/mol. The molecule has 186 valence electrons. The zero-order valence-electron chi connectivity index (χ0n) is 18.9. The molecule has 2 aliphatic rings. The van der Waals surface area contributed by atoms with E-state index in [1.54, 1.807) is 18.4 Å². The molecule has 0 aliphatic carbocycles. The molecule has 0 saturated carbocycles. The summed E-state index contributed by atoms with van der Waals surface area (Å²) in [4.78, 5) is 3.93. The fourth-order valence-electron chi connectivity index (χ4n) is 4.75. The number of hydrogen-bond acceptors (Lipinski definition) is 8. The Morgan fingerprint density at radius 3 is 2.86 bits per heavy atom. The molecule has 1 saturated heterocycles. The summed E-state index contributed by atoms with van der Waals surface area (Å²) in [6, 6.07) is 9.61. The highest BCUT2D eigenvalue weighted by Crippen LogP contribution is 2.38. The lowest BCUT2D eigenvalue weighted by Gasteiger charge is -2.33. The molecule has 3 aromatic rings. The molecule has 0 radical (unpaired) electrons. The summed E-state index contributed by atoms with van der Waals surface area (Å²) in [5.74, 6) is 0.0891. The number of anilines is 1. The molecule has 0 amide bonds. The molecule has 12 heteroatoms. The molecule has 1 fully saturated rings. The van der Waals surface area contributed by atoms with Gasteiger partial charge in [0.15, 0.2) is 0 Å². The summed E-state index contributed by atoms with van der Waals surface area (Å²) >= 11 is 0.952. The van der Waals surface area contributed by atoms with Crippen molar-refractivity contribution in [3.63, 3.8) is 0 Å². The van der Waals surface area contributed by atoms with Crippen LogP contribution in [-0.4, -0.2) is 46.6 Å². The van der Waals surface area contributed by atoms with Gasteiger partial charge in [0, 0.05) is 51.9 Å². The molecule has 2 aromatic carbocycles. The van der Waals surface area contributed by atoms with E-state index in [1.807, 2.05) is 6.07 Å². The Labute approximate surface area is 210 Å². The predicted octanol–water partition coefficient (Wildman–Crippen LogP) is 3.37. The zero-order chi connectivity index (χ0) is 24.6. The first-order valence-corrected chi connectivity index (χ1v) is 15.1. The van der Waals surface area contributed by atoms with Gasteiger partial charge in [-0.05, 0) is 60.7 Å². The quantitative estimate of drug-likeness (QED) is 0.497. The Kier molecular flexibility index (Phi) is 6.88. The Hall–Kier alpha value is -2.41. The number of piperidine rings is 1. The number of halogens is 1. The number of hydrogen-bond donors (Lipinski definition) is 2. The van der Waals surface area contributed by atoms with Crippen LogP contribution in [0, 0.1) is 5.82 Å². The van der Waals surface area contributed by atoms with Gasteiger partial charge in [-0.2, -0.15) is 4.37 Å². The molecule has 3 heterocycles. The fraction of sp³-hybridized carbons (Fsp3) is 0.391. The lowest BCUT2D eigenvalue weighted by Crippen LogP contribution is -2.37. The number of sulfonamides is 1. The van der Waals surface area contributed by atoms with E-state index in [2.05, 4.69) is 19.4 Å². The highest BCUT2D eigenvalue weighted by molar-refractivity contribution is 7.93. The molecule has 8 nitrogen and oxygen atoms in total. The lowest BCUT2D eigenvalue weighted by atomic mass is 9.83. The maximum atomic E-state index is 14.3. The van der Waals surface area contributed by atoms with Crippen LogP contribution in [0.4, 0.5) is 9.52 Å². The highest BCUT2D eigenvalue weighted by Gasteiger charge is 2.31. The van der Waals surface area contributed by atoms with E-state index in [1.165, 1.54) is 24.5 Å². The van der Waals surface area contributed by atoms with E-state index in [0.29, 0.717) is 18.8 Å². The lowest BCUT2D eigenvalue weighted by molar-refractivity contribution is 0.260. The predicted molar refractivity (Wildman–Crippen MR) is 133 cm³/mol. The number of benzene rings is 2. The summed E-state index contributed by atoms with van der Waals surface area (Å²) in [5, 5.41) is 3.80. The Bertz CT molecular complexity index is 1350. The molecule has 2 N–H and O–H groups in total. The van der Waals surface area contributed by atoms with Crippen LogP contribution in [0.2, 0.25) is 0 Å². The van der Waals surface area contributed by atoms with Gasteiger partial charge in [-0.15, -0.1) is 0 Å². The van der Waals surface area contributed by atoms with Crippen molar-refractivity contribution in [2.75, 3.05) is 24.1 Å². The number of rotatable bonds is 6. The number of aromatic nitrogens is 2. The van der Waals surface area contributed by atoms with Gasteiger partial charge < -0.3 is 10.1 Å². The van der Waals surface area contributed by atoms with Crippen molar-refractivity contribution in [2.24, 2.45) is 0 Å². The third-order valence-corrected chi connectivity index (χ3v) is 9.94. The summed E-state index contributed by atoms with van der Waals surface area (Å²) in [7, 11) is -4.74.